The van der Waals surface area contributed by atoms with E-state index < -0.39 is 22.0 Å². The Bertz CT molecular complexity index is 1170. The molecule has 0 fully saturated rings. The Kier molecular flexibility index (Phi) is 8.15. The zero-order valence-electron chi connectivity index (χ0n) is 17.2. The van der Waals surface area contributed by atoms with E-state index >= 15 is 0 Å². The molecule has 3 aromatic carbocycles. The van der Waals surface area contributed by atoms with Crippen LogP contribution >= 0.6 is 23.2 Å². The topological polar surface area (TPSA) is 84.5 Å². The molecule has 0 bridgehead atoms. The van der Waals surface area contributed by atoms with Gasteiger partial charge < -0.3 is 10.1 Å². The molecule has 0 aliphatic rings. The predicted molar refractivity (Wildman–Crippen MR) is 126 cm³/mol. The molecule has 1 atom stereocenters. The van der Waals surface area contributed by atoms with Crippen LogP contribution in [0.3, 0.4) is 0 Å². The highest BCUT2D eigenvalue weighted by Crippen LogP contribution is 2.25. The summed E-state index contributed by atoms with van der Waals surface area (Å²) in [6.07, 6.45) is 0.159. The number of carbonyl (C=O) groups excluding carboxylic acids is 1. The fourth-order valence-electron chi connectivity index (χ4n) is 3.03. The first kappa shape index (κ1) is 24.1. The summed E-state index contributed by atoms with van der Waals surface area (Å²) >= 11 is 12.0. The van der Waals surface area contributed by atoms with Crippen molar-refractivity contribution in [3.63, 3.8) is 0 Å². The lowest BCUT2D eigenvalue weighted by molar-refractivity contribution is -0.122. The highest BCUT2D eigenvalue weighted by Gasteiger charge is 2.27. The fraction of sp³-hybridized carbons (Fsp3) is 0.174. The minimum Gasteiger partial charge on any atom is -0.497 e. The van der Waals surface area contributed by atoms with Crippen LogP contribution in [0.25, 0.3) is 0 Å². The molecule has 0 aliphatic heterocycles. The second-order valence-electron chi connectivity index (χ2n) is 7.00. The lowest BCUT2D eigenvalue weighted by Crippen LogP contribution is -2.47. The van der Waals surface area contributed by atoms with Crippen molar-refractivity contribution in [3.8, 4) is 5.75 Å². The van der Waals surface area contributed by atoms with Gasteiger partial charge in [0.2, 0.25) is 15.9 Å². The number of halogens is 2. The Labute approximate surface area is 197 Å². The number of carbonyl (C=O) groups is 1. The maximum absolute atomic E-state index is 13.0. The number of hydrogen-bond donors (Lipinski definition) is 2. The van der Waals surface area contributed by atoms with Gasteiger partial charge in [0.25, 0.3) is 0 Å². The summed E-state index contributed by atoms with van der Waals surface area (Å²) < 4.78 is 33.6. The molecular formula is C23H22Cl2N2O4S. The van der Waals surface area contributed by atoms with Gasteiger partial charge in [-0.2, -0.15) is 4.72 Å². The van der Waals surface area contributed by atoms with Crippen LogP contribution in [0.5, 0.6) is 5.75 Å². The summed E-state index contributed by atoms with van der Waals surface area (Å²) in [5, 5.41) is 3.02. The van der Waals surface area contributed by atoms with Gasteiger partial charge >= 0.3 is 0 Å². The average molecular weight is 493 g/mol. The molecule has 6 nitrogen and oxygen atoms in total. The predicted octanol–water partition coefficient (Wildman–Crippen LogP) is 4.21. The lowest BCUT2D eigenvalue weighted by Gasteiger charge is -2.19. The molecule has 0 saturated heterocycles. The van der Waals surface area contributed by atoms with Crippen molar-refractivity contribution in [2.45, 2.75) is 23.9 Å². The van der Waals surface area contributed by atoms with Gasteiger partial charge in [-0.1, -0.05) is 65.7 Å². The Morgan fingerprint density at radius 3 is 2.31 bits per heavy atom. The van der Waals surface area contributed by atoms with Crippen LogP contribution in [0, 0.1) is 0 Å². The first-order valence-corrected chi connectivity index (χ1v) is 11.9. The van der Waals surface area contributed by atoms with E-state index in [9.17, 15) is 13.2 Å². The summed E-state index contributed by atoms with van der Waals surface area (Å²) in [4.78, 5) is 12.8. The standard InChI is InChI=1S/C23H22Cl2N2O4S/c1-31-19-10-7-17(8-11-19)15-26-23(28)21(13-16-5-3-2-4-6-16)27-32(29,30)22-14-18(24)9-12-20(22)25/h2-12,14,21,27H,13,15H2,1H3,(H,26,28)/t21-/m1/s1. The molecule has 168 valence electrons. The first-order valence-electron chi connectivity index (χ1n) is 9.70. The second kappa shape index (κ2) is 10.8. The number of ether oxygens (including phenoxy) is 1. The van der Waals surface area contributed by atoms with Gasteiger partial charge in [-0.25, -0.2) is 8.42 Å². The third-order valence-corrected chi connectivity index (χ3v) is 6.89. The maximum Gasteiger partial charge on any atom is 0.242 e. The highest BCUT2D eigenvalue weighted by atomic mass is 35.5. The summed E-state index contributed by atoms with van der Waals surface area (Å²) in [6.45, 7) is 0.230. The molecule has 3 rings (SSSR count). The summed E-state index contributed by atoms with van der Waals surface area (Å²) in [5.74, 6) is 0.236. The number of hydrogen-bond acceptors (Lipinski definition) is 4. The zero-order valence-corrected chi connectivity index (χ0v) is 19.5. The summed E-state index contributed by atoms with van der Waals surface area (Å²) in [6, 6.07) is 19.4. The molecule has 0 unspecified atom stereocenters. The van der Waals surface area contributed by atoms with E-state index in [1.54, 1.807) is 19.2 Å². The Hall–Kier alpha value is -2.58. The molecule has 0 aliphatic carbocycles. The molecule has 0 radical (unpaired) electrons. The van der Waals surface area contributed by atoms with Gasteiger partial charge in [-0.3, -0.25) is 4.79 Å². The van der Waals surface area contributed by atoms with Crippen molar-refractivity contribution in [1.82, 2.24) is 10.0 Å². The molecule has 9 heteroatoms. The number of amides is 1. The van der Waals surface area contributed by atoms with E-state index in [2.05, 4.69) is 10.0 Å². The van der Waals surface area contributed by atoms with Crippen molar-refractivity contribution >= 4 is 39.1 Å². The van der Waals surface area contributed by atoms with Gasteiger partial charge in [-0.15, -0.1) is 0 Å². The molecule has 1 amide bonds. The van der Waals surface area contributed by atoms with Crippen molar-refractivity contribution < 1.29 is 17.9 Å². The van der Waals surface area contributed by atoms with E-state index in [1.807, 2.05) is 42.5 Å². The largest absolute Gasteiger partial charge is 0.497 e. The molecular weight excluding hydrogens is 471 g/mol. The van der Waals surface area contributed by atoms with E-state index in [4.69, 9.17) is 27.9 Å². The van der Waals surface area contributed by atoms with Crippen molar-refractivity contribution in [1.29, 1.82) is 0 Å². The summed E-state index contributed by atoms with van der Waals surface area (Å²) in [7, 11) is -2.54. The van der Waals surface area contributed by atoms with E-state index in [1.165, 1.54) is 18.2 Å². The third-order valence-electron chi connectivity index (χ3n) is 4.71. The van der Waals surface area contributed by atoms with Gasteiger partial charge in [-0.05, 0) is 47.9 Å². The number of rotatable bonds is 9. The number of nitrogens with one attached hydrogen (secondary N) is 2. The number of methoxy groups -OCH3 is 1. The Balaban J connectivity index is 1.80. The Morgan fingerprint density at radius 1 is 0.969 bits per heavy atom. The minimum absolute atomic E-state index is 0.0130. The minimum atomic E-state index is -4.11. The molecule has 0 spiro atoms. The SMILES string of the molecule is COc1ccc(CNC(=O)[C@@H](Cc2ccccc2)NS(=O)(=O)c2cc(Cl)ccc2Cl)cc1. The van der Waals surface area contributed by atoms with Crippen LogP contribution in [0.15, 0.2) is 77.7 Å². The third kappa shape index (κ3) is 6.46. The fourth-order valence-corrected chi connectivity index (χ4v) is 4.99. The monoisotopic (exact) mass is 492 g/mol. The van der Waals surface area contributed by atoms with Crippen molar-refractivity contribution in [2.75, 3.05) is 7.11 Å². The van der Waals surface area contributed by atoms with Gasteiger partial charge in [0.1, 0.15) is 16.7 Å². The highest BCUT2D eigenvalue weighted by molar-refractivity contribution is 7.89. The van der Waals surface area contributed by atoms with Crippen LogP contribution in [0.4, 0.5) is 0 Å². The quantitative estimate of drug-likeness (QED) is 0.468. The number of sulfonamides is 1. The number of benzene rings is 3. The van der Waals surface area contributed by atoms with Crippen LogP contribution in [-0.4, -0.2) is 27.5 Å². The van der Waals surface area contributed by atoms with Crippen LogP contribution in [-0.2, 0) is 27.8 Å². The molecule has 0 saturated carbocycles. The van der Waals surface area contributed by atoms with Crippen LogP contribution in [0.1, 0.15) is 11.1 Å². The van der Waals surface area contributed by atoms with Crippen LogP contribution in [0.2, 0.25) is 10.0 Å². The first-order chi connectivity index (χ1) is 15.3. The maximum atomic E-state index is 13.0. The second-order valence-corrected chi connectivity index (χ2v) is 9.53. The normalized spacial score (nSPS) is 12.2. The molecule has 2 N–H and O–H groups in total. The molecule has 0 heterocycles. The average Bonchev–Trinajstić information content (AvgIpc) is 2.79. The molecule has 3 aromatic rings. The van der Waals surface area contributed by atoms with E-state index in [0.29, 0.717) is 5.75 Å². The van der Waals surface area contributed by atoms with Gasteiger partial charge in [0.05, 0.1) is 12.1 Å². The smallest absolute Gasteiger partial charge is 0.242 e. The van der Waals surface area contributed by atoms with E-state index in [0.717, 1.165) is 11.1 Å². The van der Waals surface area contributed by atoms with Crippen molar-refractivity contribution in [3.05, 3.63) is 94.0 Å². The van der Waals surface area contributed by atoms with Crippen molar-refractivity contribution in [2.24, 2.45) is 0 Å². The lowest BCUT2D eigenvalue weighted by atomic mass is 10.1. The van der Waals surface area contributed by atoms with Gasteiger partial charge in [0, 0.05) is 11.6 Å². The van der Waals surface area contributed by atoms with Gasteiger partial charge in [0.15, 0.2) is 0 Å². The molecule has 32 heavy (non-hydrogen) atoms. The van der Waals surface area contributed by atoms with E-state index in [-0.39, 0.29) is 27.9 Å². The zero-order chi connectivity index (χ0) is 23.1. The Morgan fingerprint density at radius 2 is 1.66 bits per heavy atom. The molecule has 0 aromatic heterocycles. The summed E-state index contributed by atoms with van der Waals surface area (Å²) in [5.41, 5.74) is 1.65. The van der Waals surface area contributed by atoms with Crippen LogP contribution < -0.4 is 14.8 Å².